The maximum atomic E-state index is 12.9. The van der Waals surface area contributed by atoms with Crippen LogP contribution < -0.4 is 10.6 Å². The molecule has 1 heterocycles. The number of nitrogens with one attached hydrogen (secondary N) is 3. The van der Waals surface area contributed by atoms with E-state index in [0.29, 0.717) is 23.5 Å². The summed E-state index contributed by atoms with van der Waals surface area (Å²) in [4.78, 5) is 29.3. The maximum Gasteiger partial charge on any atom is 0.408 e. The lowest BCUT2D eigenvalue weighted by Gasteiger charge is -2.26. The van der Waals surface area contributed by atoms with Gasteiger partial charge in [-0.05, 0) is 57.8 Å². The average Bonchev–Trinajstić information content (AvgIpc) is 3.06. The Labute approximate surface area is 170 Å². The summed E-state index contributed by atoms with van der Waals surface area (Å²) in [5.41, 5.74) is -0.596. The smallest absolute Gasteiger partial charge is 0.408 e. The zero-order chi connectivity index (χ0) is 20.5. The minimum atomic E-state index is -0.596. The molecule has 1 aromatic heterocycles. The Morgan fingerprint density at radius 2 is 2.07 bits per heavy atom. The maximum absolute atomic E-state index is 12.9. The third kappa shape index (κ3) is 5.62. The highest BCUT2D eigenvalue weighted by molar-refractivity contribution is 7.99. The van der Waals surface area contributed by atoms with Crippen molar-refractivity contribution in [2.45, 2.75) is 82.0 Å². The van der Waals surface area contributed by atoms with Crippen LogP contribution in [0.1, 0.15) is 53.9 Å². The number of hydrogen-bond acceptors (Lipinski definition) is 6. The summed E-state index contributed by atoms with van der Waals surface area (Å²) < 4.78 is 5.33. The van der Waals surface area contributed by atoms with E-state index in [1.165, 1.54) is 6.33 Å². The number of carbonyl (C=O) groups excluding carboxylic acids is 2. The first-order chi connectivity index (χ1) is 13.1. The van der Waals surface area contributed by atoms with Crippen molar-refractivity contribution in [2.24, 2.45) is 17.8 Å². The van der Waals surface area contributed by atoms with Gasteiger partial charge in [-0.1, -0.05) is 25.6 Å². The first-order valence-electron chi connectivity index (χ1n) is 9.94. The lowest BCUT2D eigenvalue weighted by atomic mass is 10.0. The predicted molar refractivity (Wildman–Crippen MR) is 107 cm³/mol. The molecule has 2 fully saturated rings. The monoisotopic (exact) mass is 409 g/mol. The number of ether oxygens (including phenoxy) is 1. The van der Waals surface area contributed by atoms with Crippen LogP contribution in [0.4, 0.5) is 4.79 Å². The fourth-order valence-corrected chi connectivity index (χ4v) is 5.15. The molecule has 156 valence electrons. The number of hydrogen-bond donors (Lipinski definition) is 3. The van der Waals surface area contributed by atoms with Crippen LogP contribution >= 0.6 is 11.8 Å². The van der Waals surface area contributed by atoms with Crippen molar-refractivity contribution < 1.29 is 14.3 Å². The molecule has 2 aliphatic carbocycles. The summed E-state index contributed by atoms with van der Waals surface area (Å²) in [6.45, 7) is 9.49. The quantitative estimate of drug-likeness (QED) is 0.639. The molecule has 0 unspecified atom stereocenters. The Kier molecular flexibility index (Phi) is 6.21. The molecule has 2 saturated carbocycles. The minimum absolute atomic E-state index is 0.125. The topological polar surface area (TPSA) is 109 Å². The molecule has 0 saturated heterocycles. The van der Waals surface area contributed by atoms with E-state index in [0.717, 1.165) is 18.0 Å². The van der Waals surface area contributed by atoms with Crippen LogP contribution in [0, 0.1) is 17.8 Å². The molecule has 1 aromatic rings. The van der Waals surface area contributed by atoms with E-state index in [1.807, 2.05) is 34.6 Å². The van der Waals surface area contributed by atoms with Crippen LogP contribution in [-0.4, -0.2) is 50.1 Å². The molecule has 0 radical (unpaired) electrons. The third-order valence-electron chi connectivity index (χ3n) is 5.07. The Bertz CT molecular complexity index is 688. The number of alkyl carbamates (subject to hydrolysis) is 1. The van der Waals surface area contributed by atoms with Gasteiger partial charge in [0.25, 0.3) is 0 Å². The number of amides is 2. The fourth-order valence-electron chi connectivity index (χ4n) is 3.86. The van der Waals surface area contributed by atoms with Crippen molar-refractivity contribution in [1.29, 1.82) is 0 Å². The van der Waals surface area contributed by atoms with E-state index >= 15 is 0 Å². The molecule has 9 heteroatoms. The number of aromatic amines is 1. The van der Waals surface area contributed by atoms with Crippen molar-refractivity contribution in [3.63, 3.8) is 0 Å². The van der Waals surface area contributed by atoms with Gasteiger partial charge in [0.05, 0.1) is 0 Å². The van der Waals surface area contributed by atoms with Crippen LogP contribution in [-0.2, 0) is 9.53 Å². The number of nitrogens with zero attached hydrogens (tertiary/aromatic N) is 2. The van der Waals surface area contributed by atoms with Gasteiger partial charge in [0, 0.05) is 11.3 Å². The first kappa shape index (κ1) is 21.0. The number of thioether (sulfide) groups is 1. The molecule has 2 amide bonds. The number of carbonyl (C=O) groups is 2. The van der Waals surface area contributed by atoms with E-state index in [-0.39, 0.29) is 17.9 Å². The second-order valence-corrected chi connectivity index (χ2v) is 10.4. The zero-order valence-corrected chi connectivity index (χ0v) is 18.0. The fraction of sp³-hybridized carbons (Fsp3) is 0.789. The van der Waals surface area contributed by atoms with Crippen LogP contribution in [0.25, 0.3) is 0 Å². The van der Waals surface area contributed by atoms with Gasteiger partial charge in [-0.3, -0.25) is 9.89 Å². The van der Waals surface area contributed by atoms with Crippen molar-refractivity contribution in [1.82, 2.24) is 25.8 Å². The predicted octanol–water partition coefficient (Wildman–Crippen LogP) is 2.73. The highest BCUT2D eigenvalue weighted by Gasteiger charge is 2.55. The summed E-state index contributed by atoms with van der Waals surface area (Å²) >= 11 is 1.70. The van der Waals surface area contributed by atoms with Crippen molar-refractivity contribution in [3.8, 4) is 0 Å². The first-order valence-corrected chi connectivity index (χ1v) is 10.8. The van der Waals surface area contributed by atoms with Gasteiger partial charge in [0.15, 0.2) is 5.16 Å². The summed E-state index contributed by atoms with van der Waals surface area (Å²) in [7, 11) is 0. The minimum Gasteiger partial charge on any atom is -0.444 e. The summed E-state index contributed by atoms with van der Waals surface area (Å²) in [5.74, 6) is 1.28. The van der Waals surface area contributed by atoms with Crippen LogP contribution in [0.15, 0.2) is 11.5 Å². The van der Waals surface area contributed by atoms with Gasteiger partial charge in [-0.15, -0.1) is 0 Å². The molecule has 3 N–H and O–H groups in total. The van der Waals surface area contributed by atoms with Crippen molar-refractivity contribution in [3.05, 3.63) is 6.33 Å². The average molecular weight is 410 g/mol. The Morgan fingerprint density at radius 3 is 2.68 bits per heavy atom. The van der Waals surface area contributed by atoms with Gasteiger partial charge in [-0.25, -0.2) is 9.78 Å². The van der Waals surface area contributed by atoms with Gasteiger partial charge < -0.3 is 15.4 Å². The van der Waals surface area contributed by atoms with E-state index < -0.39 is 17.7 Å². The lowest BCUT2D eigenvalue weighted by molar-refractivity contribution is -0.124. The number of H-pyrrole nitrogens is 1. The number of fused-ring (bicyclic) bond motifs is 1. The second-order valence-electron chi connectivity index (χ2n) is 9.19. The molecule has 0 spiro atoms. The summed E-state index contributed by atoms with van der Waals surface area (Å²) in [5, 5.41) is 14.0. The van der Waals surface area contributed by atoms with Crippen LogP contribution in [0.5, 0.6) is 0 Å². The Balaban J connectivity index is 1.55. The molecule has 28 heavy (non-hydrogen) atoms. The van der Waals surface area contributed by atoms with Gasteiger partial charge in [0.2, 0.25) is 5.91 Å². The van der Waals surface area contributed by atoms with Gasteiger partial charge in [-0.2, -0.15) is 5.10 Å². The van der Waals surface area contributed by atoms with Gasteiger partial charge in [0.1, 0.15) is 18.0 Å². The second kappa shape index (κ2) is 8.31. The SMILES string of the molecule is CC(C)C[C@H](NC(=O)OC(C)(C)C)C(=O)N[C@H]1C[C@@H](Sc2ncn[nH]2)[C@@H]2C[C@H]21. The molecule has 5 atom stereocenters. The standard InChI is InChI=1S/C19H31N5O3S/c1-10(2)6-14(23-18(26)27-19(3,4)5)16(25)22-13-8-15(12-7-11(12)13)28-17-20-9-21-24-17/h9-15H,6-8H2,1-5H3,(H,22,25)(H,23,26)(H,20,21,24)/t11-,12-,13+,14+,15-/m1/s1. The molecule has 3 rings (SSSR count). The molecular weight excluding hydrogens is 378 g/mol. The summed E-state index contributed by atoms with van der Waals surface area (Å²) in [6, 6.07) is -0.443. The molecule has 0 bridgehead atoms. The molecular formula is C19H31N5O3S. The molecule has 2 aliphatic rings. The molecule has 0 aromatic carbocycles. The lowest BCUT2D eigenvalue weighted by Crippen LogP contribution is -2.51. The zero-order valence-electron chi connectivity index (χ0n) is 17.2. The van der Waals surface area contributed by atoms with Gasteiger partial charge >= 0.3 is 6.09 Å². The Hall–Kier alpha value is -1.77. The van der Waals surface area contributed by atoms with E-state index in [4.69, 9.17) is 4.74 Å². The number of rotatable bonds is 7. The normalized spacial score (nSPS) is 27.2. The van der Waals surface area contributed by atoms with E-state index in [2.05, 4.69) is 25.8 Å². The van der Waals surface area contributed by atoms with Crippen LogP contribution in [0.2, 0.25) is 0 Å². The molecule has 0 aliphatic heterocycles. The summed E-state index contributed by atoms with van der Waals surface area (Å²) in [6.07, 6.45) is 3.57. The van der Waals surface area contributed by atoms with Crippen molar-refractivity contribution in [2.75, 3.05) is 0 Å². The largest absolute Gasteiger partial charge is 0.444 e. The molecule has 8 nitrogen and oxygen atoms in total. The third-order valence-corrected chi connectivity index (χ3v) is 6.33. The highest BCUT2D eigenvalue weighted by atomic mass is 32.2. The van der Waals surface area contributed by atoms with Crippen LogP contribution in [0.3, 0.4) is 0 Å². The Morgan fingerprint density at radius 1 is 1.32 bits per heavy atom. The highest BCUT2D eigenvalue weighted by Crippen LogP contribution is 2.56. The van der Waals surface area contributed by atoms with E-state index in [9.17, 15) is 9.59 Å². The van der Waals surface area contributed by atoms with E-state index in [1.54, 1.807) is 11.8 Å². The van der Waals surface area contributed by atoms with Crippen molar-refractivity contribution >= 4 is 23.8 Å². The number of aromatic nitrogens is 3.